The summed E-state index contributed by atoms with van der Waals surface area (Å²) in [6.45, 7) is 4.41. The lowest BCUT2D eigenvalue weighted by molar-refractivity contribution is 0.390. The SMILES string of the molecule is CCCCCCCCCCCCCCCCCCCC(CCC(C)N)n1ccnc1. The second kappa shape index (κ2) is 20.1. The Kier molecular flexibility index (Phi) is 18.2. The van der Waals surface area contributed by atoms with E-state index in [1.54, 1.807) is 0 Å². The molecule has 0 saturated heterocycles. The summed E-state index contributed by atoms with van der Waals surface area (Å²) < 4.78 is 2.29. The fourth-order valence-corrected chi connectivity index (χ4v) is 4.49. The summed E-state index contributed by atoms with van der Waals surface area (Å²) in [4.78, 5) is 4.23. The molecule has 1 rings (SSSR count). The van der Waals surface area contributed by atoms with Gasteiger partial charge in [0.25, 0.3) is 0 Å². The molecule has 0 aromatic carbocycles. The fraction of sp³-hybridized carbons (Fsp3) is 0.889. The number of aromatic nitrogens is 2. The highest BCUT2D eigenvalue weighted by atomic mass is 15.0. The molecule has 0 aliphatic rings. The molecule has 3 heteroatoms. The molecule has 0 amide bonds. The monoisotopic (exact) mass is 419 g/mol. The smallest absolute Gasteiger partial charge is 0.0948 e. The van der Waals surface area contributed by atoms with Crippen molar-refractivity contribution in [3.05, 3.63) is 18.7 Å². The number of nitrogens with two attached hydrogens (primary N) is 1. The van der Waals surface area contributed by atoms with E-state index >= 15 is 0 Å². The molecule has 30 heavy (non-hydrogen) atoms. The van der Waals surface area contributed by atoms with E-state index in [0.717, 1.165) is 6.42 Å². The van der Waals surface area contributed by atoms with E-state index in [1.807, 2.05) is 12.5 Å². The van der Waals surface area contributed by atoms with Gasteiger partial charge in [-0.25, -0.2) is 4.98 Å². The summed E-state index contributed by atoms with van der Waals surface area (Å²) in [6, 6.07) is 0.876. The van der Waals surface area contributed by atoms with Crippen LogP contribution in [-0.2, 0) is 0 Å². The number of imidazole rings is 1. The Balaban J connectivity index is 1.86. The average molecular weight is 420 g/mol. The van der Waals surface area contributed by atoms with Gasteiger partial charge in [-0.15, -0.1) is 0 Å². The first-order valence-corrected chi connectivity index (χ1v) is 13.5. The minimum absolute atomic E-state index is 0.298. The quantitative estimate of drug-likeness (QED) is 0.191. The van der Waals surface area contributed by atoms with Crippen LogP contribution >= 0.6 is 0 Å². The molecule has 0 saturated carbocycles. The van der Waals surface area contributed by atoms with Crippen molar-refractivity contribution in [3.63, 3.8) is 0 Å². The van der Waals surface area contributed by atoms with Crippen LogP contribution in [0.4, 0.5) is 0 Å². The first kappa shape index (κ1) is 27.2. The minimum atomic E-state index is 0.298. The molecule has 2 unspecified atom stereocenters. The van der Waals surface area contributed by atoms with Gasteiger partial charge < -0.3 is 10.3 Å². The Labute approximate surface area is 188 Å². The first-order valence-electron chi connectivity index (χ1n) is 13.5. The van der Waals surface area contributed by atoms with Crippen molar-refractivity contribution in [1.29, 1.82) is 0 Å². The Bertz CT molecular complexity index is 441. The molecule has 2 atom stereocenters. The molecule has 0 spiro atoms. The maximum atomic E-state index is 5.96. The third kappa shape index (κ3) is 15.9. The van der Waals surface area contributed by atoms with E-state index in [0.29, 0.717) is 12.1 Å². The molecular formula is C27H53N3. The number of hydrogen-bond acceptors (Lipinski definition) is 2. The van der Waals surface area contributed by atoms with Crippen LogP contribution < -0.4 is 5.73 Å². The van der Waals surface area contributed by atoms with E-state index in [4.69, 9.17) is 5.73 Å². The normalized spacial score (nSPS) is 13.6. The molecule has 0 radical (unpaired) electrons. The Hall–Kier alpha value is -0.830. The number of rotatable bonds is 22. The highest BCUT2D eigenvalue weighted by molar-refractivity contribution is 4.81. The summed E-state index contributed by atoms with van der Waals surface area (Å²) in [6.07, 6.45) is 33.9. The number of unbranched alkanes of at least 4 members (excludes halogenated alkanes) is 16. The third-order valence-electron chi connectivity index (χ3n) is 6.54. The van der Waals surface area contributed by atoms with Gasteiger partial charge in [0.05, 0.1) is 6.33 Å². The zero-order valence-electron chi connectivity index (χ0n) is 20.5. The zero-order chi connectivity index (χ0) is 21.7. The van der Waals surface area contributed by atoms with Gasteiger partial charge in [0.2, 0.25) is 0 Å². The van der Waals surface area contributed by atoms with Gasteiger partial charge in [-0.1, -0.05) is 116 Å². The van der Waals surface area contributed by atoms with Crippen LogP contribution in [0.15, 0.2) is 18.7 Å². The highest BCUT2D eigenvalue weighted by Crippen LogP contribution is 2.22. The standard InChI is InChI=1S/C27H53N3/c1-3-4-5-6-7-8-9-10-11-12-13-14-15-16-17-18-19-20-27(22-21-26(2)28)30-24-23-29-25-30/h23-27H,3-22,28H2,1-2H3. The molecule has 0 aliphatic heterocycles. The van der Waals surface area contributed by atoms with Crippen molar-refractivity contribution in [2.75, 3.05) is 0 Å². The Morgan fingerprint density at radius 1 is 0.667 bits per heavy atom. The maximum absolute atomic E-state index is 5.96. The van der Waals surface area contributed by atoms with E-state index in [1.165, 1.54) is 122 Å². The summed E-state index contributed by atoms with van der Waals surface area (Å²) in [7, 11) is 0. The topological polar surface area (TPSA) is 43.8 Å². The van der Waals surface area contributed by atoms with Crippen molar-refractivity contribution in [1.82, 2.24) is 9.55 Å². The van der Waals surface area contributed by atoms with Crippen molar-refractivity contribution >= 4 is 0 Å². The van der Waals surface area contributed by atoms with Gasteiger partial charge in [0.1, 0.15) is 0 Å². The number of hydrogen-bond donors (Lipinski definition) is 1. The summed E-state index contributed by atoms with van der Waals surface area (Å²) >= 11 is 0. The predicted molar refractivity (Wildman–Crippen MR) is 133 cm³/mol. The van der Waals surface area contributed by atoms with E-state index in [-0.39, 0.29) is 0 Å². The Morgan fingerprint density at radius 3 is 1.53 bits per heavy atom. The van der Waals surface area contributed by atoms with Crippen LogP contribution in [-0.4, -0.2) is 15.6 Å². The second-order valence-corrected chi connectivity index (χ2v) is 9.66. The van der Waals surface area contributed by atoms with Crippen LogP contribution in [0.3, 0.4) is 0 Å². The zero-order valence-corrected chi connectivity index (χ0v) is 20.5. The van der Waals surface area contributed by atoms with Crippen molar-refractivity contribution < 1.29 is 0 Å². The van der Waals surface area contributed by atoms with Gasteiger partial charge in [0, 0.05) is 24.5 Å². The minimum Gasteiger partial charge on any atom is -0.334 e. The van der Waals surface area contributed by atoms with Gasteiger partial charge >= 0.3 is 0 Å². The molecule has 0 bridgehead atoms. The largest absolute Gasteiger partial charge is 0.334 e. The lowest BCUT2D eigenvalue weighted by Gasteiger charge is -2.19. The van der Waals surface area contributed by atoms with Crippen molar-refractivity contribution in [3.8, 4) is 0 Å². The molecule has 176 valence electrons. The van der Waals surface area contributed by atoms with E-state index in [2.05, 4.69) is 29.6 Å². The molecular weight excluding hydrogens is 366 g/mol. The molecule has 1 aromatic rings. The molecule has 0 aliphatic carbocycles. The molecule has 1 heterocycles. The molecule has 0 fully saturated rings. The second-order valence-electron chi connectivity index (χ2n) is 9.66. The van der Waals surface area contributed by atoms with Gasteiger partial charge in [-0.3, -0.25) is 0 Å². The summed E-state index contributed by atoms with van der Waals surface area (Å²) in [5.41, 5.74) is 5.96. The van der Waals surface area contributed by atoms with Crippen LogP contribution in [0.25, 0.3) is 0 Å². The van der Waals surface area contributed by atoms with Crippen LogP contribution in [0.5, 0.6) is 0 Å². The van der Waals surface area contributed by atoms with Crippen LogP contribution in [0, 0.1) is 0 Å². The lowest BCUT2D eigenvalue weighted by Crippen LogP contribution is -2.17. The van der Waals surface area contributed by atoms with Gasteiger partial charge in [-0.05, 0) is 26.2 Å². The third-order valence-corrected chi connectivity index (χ3v) is 6.54. The van der Waals surface area contributed by atoms with Gasteiger partial charge in [0.15, 0.2) is 0 Å². The van der Waals surface area contributed by atoms with Crippen LogP contribution in [0.1, 0.15) is 148 Å². The van der Waals surface area contributed by atoms with Gasteiger partial charge in [-0.2, -0.15) is 0 Å². The van der Waals surface area contributed by atoms with Crippen molar-refractivity contribution in [2.24, 2.45) is 5.73 Å². The predicted octanol–water partition coefficient (Wildman–Crippen LogP) is 8.59. The molecule has 1 aromatic heterocycles. The summed E-state index contributed by atoms with van der Waals surface area (Å²) in [5.74, 6) is 0. The van der Waals surface area contributed by atoms with Crippen molar-refractivity contribution in [2.45, 2.75) is 154 Å². The highest BCUT2D eigenvalue weighted by Gasteiger charge is 2.11. The molecule has 2 N–H and O–H groups in total. The first-order chi connectivity index (χ1) is 14.7. The van der Waals surface area contributed by atoms with Crippen LogP contribution in [0.2, 0.25) is 0 Å². The fourth-order valence-electron chi connectivity index (χ4n) is 4.49. The maximum Gasteiger partial charge on any atom is 0.0948 e. The lowest BCUT2D eigenvalue weighted by atomic mass is 10.00. The Morgan fingerprint density at radius 2 is 1.13 bits per heavy atom. The summed E-state index contributed by atoms with van der Waals surface area (Å²) in [5, 5.41) is 0. The molecule has 3 nitrogen and oxygen atoms in total. The number of nitrogens with zero attached hydrogens (tertiary/aromatic N) is 2. The van der Waals surface area contributed by atoms with E-state index < -0.39 is 0 Å². The average Bonchev–Trinajstić information content (AvgIpc) is 3.27. The van der Waals surface area contributed by atoms with E-state index in [9.17, 15) is 0 Å².